The van der Waals surface area contributed by atoms with E-state index in [-0.39, 0.29) is 0 Å². The smallest absolute Gasteiger partial charge is 0.163 e. The van der Waals surface area contributed by atoms with Crippen molar-refractivity contribution in [3.05, 3.63) is 48.6 Å². The molecule has 2 heterocycles. The van der Waals surface area contributed by atoms with Crippen molar-refractivity contribution in [3.8, 4) is 11.5 Å². The normalized spacial score (nSPS) is 12.1. The van der Waals surface area contributed by atoms with Crippen LogP contribution < -0.4 is 14.8 Å². The van der Waals surface area contributed by atoms with Gasteiger partial charge in [0.15, 0.2) is 11.5 Å². The molecule has 6 nitrogen and oxygen atoms in total. The average molecular weight is 342 g/mol. The van der Waals surface area contributed by atoms with Gasteiger partial charge in [0.2, 0.25) is 0 Å². The summed E-state index contributed by atoms with van der Waals surface area (Å²) in [5.41, 5.74) is 1.66. The Morgan fingerprint density at radius 3 is 2.60 bits per heavy atom. The number of aliphatic hydroxyl groups is 1. The van der Waals surface area contributed by atoms with E-state index in [1.165, 1.54) is 0 Å². The van der Waals surface area contributed by atoms with E-state index in [2.05, 4.69) is 10.3 Å². The first kappa shape index (κ1) is 17.1. The average Bonchev–Trinajstić information content (AvgIpc) is 3.15. The van der Waals surface area contributed by atoms with Gasteiger partial charge in [-0.25, -0.2) is 0 Å². The molecule has 0 amide bonds. The summed E-state index contributed by atoms with van der Waals surface area (Å²) < 4.78 is 16.6. The monoisotopic (exact) mass is 342 g/mol. The maximum absolute atomic E-state index is 10.2. The zero-order valence-corrected chi connectivity index (χ0v) is 14.4. The Balaban J connectivity index is 1.88. The van der Waals surface area contributed by atoms with E-state index < -0.39 is 6.10 Å². The van der Waals surface area contributed by atoms with E-state index in [0.717, 1.165) is 16.6 Å². The molecule has 132 valence electrons. The number of ether oxygens (including phenoxy) is 2. The van der Waals surface area contributed by atoms with Crippen molar-refractivity contribution >= 4 is 16.6 Å². The van der Waals surface area contributed by atoms with Crippen LogP contribution in [0.15, 0.2) is 47.2 Å². The molecular formula is C19H22N2O4. The Kier molecular flexibility index (Phi) is 5.40. The molecular weight excluding hydrogens is 320 g/mol. The highest BCUT2D eigenvalue weighted by molar-refractivity contribution is 5.93. The third-order valence-electron chi connectivity index (χ3n) is 3.76. The number of nitrogens with one attached hydrogen (secondary N) is 1. The molecule has 0 spiro atoms. The number of fused-ring (bicyclic) bond motifs is 1. The first-order chi connectivity index (χ1) is 12.2. The van der Waals surface area contributed by atoms with Crippen molar-refractivity contribution in [2.24, 2.45) is 0 Å². The van der Waals surface area contributed by atoms with Crippen molar-refractivity contribution < 1.29 is 19.0 Å². The number of aliphatic hydroxyl groups excluding tert-OH is 1. The summed E-state index contributed by atoms with van der Waals surface area (Å²) in [6.07, 6.45) is 2.54. The highest BCUT2D eigenvalue weighted by atomic mass is 16.5. The van der Waals surface area contributed by atoms with Gasteiger partial charge in [-0.05, 0) is 38.1 Å². The fourth-order valence-electron chi connectivity index (χ4n) is 2.63. The largest absolute Gasteiger partial charge is 0.490 e. The van der Waals surface area contributed by atoms with E-state index in [1.807, 2.05) is 32.0 Å². The second-order valence-corrected chi connectivity index (χ2v) is 5.45. The minimum absolute atomic E-state index is 0.323. The van der Waals surface area contributed by atoms with Crippen LogP contribution in [0.5, 0.6) is 11.5 Å². The number of hydrogen-bond acceptors (Lipinski definition) is 6. The molecule has 0 aliphatic heterocycles. The van der Waals surface area contributed by atoms with Crippen molar-refractivity contribution in [1.82, 2.24) is 4.98 Å². The number of hydrogen-bond donors (Lipinski definition) is 2. The molecule has 1 atom stereocenters. The van der Waals surface area contributed by atoms with Crippen LogP contribution in [-0.4, -0.2) is 29.8 Å². The minimum Gasteiger partial charge on any atom is -0.490 e. The predicted octanol–water partition coefficient (Wildman–Crippen LogP) is 3.77. The standard InChI is InChI=1S/C19H22N2O4/c1-3-23-18-10-13-14(21-12-16(22)17-6-5-9-25-17)7-8-20-15(13)11-19(18)24-4-2/h5-11,16,22H,3-4,12H2,1-2H3,(H,20,21). The van der Waals surface area contributed by atoms with Crippen LogP contribution in [0, 0.1) is 0 Å². The molecule has 0 saturated carbocycles. The summed E-state index contributed by atoms with van der Waals surface area (Å²) in [5, 5.41) is 14.3. The minimum atomic E-state index is -0.729. The molecule has 3 aromatic rings. The molecule has 0 radical (unpaired) electrons. The van der Waals surface area contributed by atoms with Crippen LogP contribution in [0.2, 0.25) is 0 Å². The third kappa shape index (κ3) is 3.85. The van der Waals surface area contributed by atoms with Crippen molar-refractivity contribution in [1.29, 1.82) is 0 Å². The van der Waals surface area contributed by atoms with Crippen LogP contribution in [0.1, 0.15) is 25.7 Å². The molecule has 3 rings (SSSR count). The first-order valence-electron chi connectivity index (χ1n) is 8.36. The lowest BCUT2D eigenvalue weighted by Crippen LogP contribution is -2.12. The first-order valence-corrected chi connectivity index (χ1v) is 8.36. The molecule has 0 saturated heterocycles. The molecule has 0 aliphatic rings. The van der Waals surface area contributed by atoms with Gasteiger partial charge >= 0.3 is 0 Å². The van der Waals surface area contributed by atoms with Gasteiger partial charge in [0.05, 0.1) is 25.0 Å². The fraction of sp³-hybridized carbons (Fsp3) is 0.316. The molecule has 25 heavy (non-hydrogen) atoms. The van der Waals surface area contributed by atoms with Gasteiger partial charge in [0.25, 0.3) is 0 Å². The number of furan rings is 1. The molecule has 0 fully saturated rings. The van der Waals surface area contributed by atoms with Crippen molar-refractivity contribution in [2.75, 3.05) is 25.1 Å². The highest BCUT2D eigenvalue weighted by Crippen LogP contribution is 2.35. The zero-order chi connectivity index (χ0) is 17.6. The summed E-state index contributed by atoms with van der Waals surface area (Å²) in [7, 11) is 0. The topological polar surface area (TPSA) is 76.8 Å². The van der Waals surface area contributed by atoms with Gasteiger partial charge in [0.1, 0.15) is 11.9 Å². The molecule has 2 aromatic heterocycles. The number of nitrogens with zero attached hydrogens (tertiary/aromatic N) is 1. The second kappa shape index (κ2) is 7.90. The Labute approximate surface area is 146 Å². The number of anilines is 1. The summed E-state index contributed by atoms with van der Waals surface area (Å²) in [6, 6.07) is 9.16. The van der Waals surface area contributed by atoms with Gasteiger partial charge in [0, 0.05) is 29.9 Å². The number of pyridine rings is 1. The number of aromatic nitrogens is 1. The Morgan fingerprint density at radius 1 is 1.16 bits per heavy atom. The summed E-state index contributed by atoms with van der Waals surface area (Å²) in [4.78, 5) is 4.41. The predicted molar refractivity (Wildman–Crippen MR) is 96.2 cm³/mol. The van der Waals surface area contributed by atoms with E-state index >= 15 is 0 Å². The van der Waals surface area contributed by atoms with Gasteiger partial charge in [-0.3, -0.25) is 4.98 Å². The fourth-order valence-corrected chi connectivity index (χ4v) is 2.63. The Morgan fingerprint density at radius 2 is 1.92 bits per heavy atom. The zero-order valence-electron chi connectivity index (χ0n) is 14.4. The molecule has 1 aromatic carbocycles. The summed E-state index contributed by atoms with van der Waals surface area (Å²) in [6.45, 7) is 5.29. The van der Waals surface area contributed by atoms with Crippen molar-refractivity contribution in [3.63, 3.8) is 0 Å². The number of rotatable bonds is 8. The third-order valence-corrected chi connectivity index (χ3v) is 3.76. The lowest BCUT2D eigenvalue weighted by atomic mass is 10.1. The van der Waals surface area contributed by atoms with E-state index in [9.17, 15) is 5.11 Å². The molecule has 6 heteroatoms. The Bertz CT molecular complexity index is 818. The summed E-state index contributed by atoms with van der Waals surface area (Å²) in [5.74, 6) is 1.89. The van der Waals surface area contributed by atoms with Crippen LogP contribution in [0.4, 0.5) is 5.69 Å². The lowest BCUT2D eigenvalue weighted by molar-refractivity contribution is 0.162. The van der Waals surface area contributed by atoms with E-state index in [0.29, 0.717) is 37.0 Å². The van der Waals surface area contributed by atoms with Crippen LogP contribution in [0.3, 0.4) is 0 Å². The quantitative estimate of drug-likeness (QED) is 0.649. The van der Waals surface area contributed by atoms with Gasteiger partial charge in [-0.1, -0.05) is 0 Å². The van der Waals surface area contributed by atoms with Crippen molar-refractivity contribution in [2.45, 2.75) is 20.0 Å². The number of benzene rings is 1. The molecule has 0 aliphatic carbocycles. The Hall–Kier alpha value is -2.73. The maximum Gasteiger partial charge on any atom is 0.163 e. The van der Waals surface area contributed by atoms with E-state index in [4.69, 9.17) is 13.9 Å². The van der Waals surface area contributed by atoms with Crippen LogP contribution >= 0.6 is 0 Å². The van der Waals surface area contributed by atoms with E-state index in [1.54, 1.807) is 24.6 Å². The molecule has 1 unspecified atom stereocenters. The lowest BCUT2D eigenvalue weighted by Gasteiger charge is -2.15. The summed E-state index contributed by atoms with van der Waals surface area (Å²) >= 11 is 0. The highest BCUT2D eigenvalue weighted by Gasteiger charge is 2.13. The molecule has 2 N–H and O–H groups in total. The molecule has 0 bridgehead atoms. The van der Waals surface area contributed by atoms with Gasteiger partial charge in [-0.2, -0.15) is 0 Å². The SMILES string of the molecule is CCOc1cc2nccc(NCC(O)c3ccco3)c2cc1OCC. The second-order valence-electron chi connectivity index (χ2n) is 5.45. The maximum atomic E-state index is 10.2. The van der Waals surface area contributed by atoms with Gasteiger partial charge < -0.3 is 24.3 Å². The van der Waals surface area contributed by atoms with Gasteiger partial charge in [-0.15, -0.1) is 0 Å². The van der Waals surface area contributed by atoms with Crippen LogP contribution in [-0.2, 0) is 0 Å². The van der Waals surface area contributed by atoms with Crippen LogP contribution in [0.25, 0.3) is 10.9 Å².